The highest BCUT2D eigenvalue weighted by Gasteiger charge is 2.24. The molecule has 0 fully saturated rings. The third kappa shape index (κ3) is 7.29. The number of rotatable bonds is 10. The van der Waals surface area contributed by atoms with Gasteiger partial charge in [0.15, 0.2) is 22.8 Å². The second-order valence-electron chi connectivity index (χ2n) is 6.70. The molecule has 1 aromatic carbocycles. The number of carbonyl (C=O) groups excluding carboxylic acids is 1. The summed E-state index contributed by atoms with van der Waals surface area (Å²) in [5.41, 5.74) is 6.27. The van der Waals surface area contributed by atoms with Crippen molar-refractivity contribution in [2.75, 3.05) is 18.9 Å². The molecule has 0 radical (unpaired) electrons. The summed E-state index contributed by atoms with van der Waals surface area (Å²) in [5, 5.41) is 1.82. The Morgan fingerprint density at radius 3 is 3.03 bits per heavy atom. The zero-order valence-corrected chi connectivity index (χ0v) is 20.8. The van der Waals surface area contributed by atoms with Gasteiger partial charge in [0.05, 0.1) is 12.8 Å². The highest BCUT2D eigenvalue weighted by atomic mass is 35.5. The standard InChI is InChI=1S/C19H20ClFN5O7PS/c1-3-30-18(27)10(2)24-25-34(29)33-13-5-4-11(20)6-14(13)31-8-16-32-15(9-35-16)26-7-12(21)17(22)23-19(26)28/h4-7,9-10,16,24H,3,8H2,1-2H3,(H2,22,23,28)/t10-,16-/m0/s1. The number of nitrogens with two attached hydrogens (primary N) is 1. The Morgan fingerprint density at radius 2 is 2.29 bits per heavy atom. The lowest BCUT2D eigenvalue weighted by Gasteiger charge is -2.15. The molecule has 2 heterocycles. The number of benzene rings is 1. The Bertz CT molecular complexity index is 1210. The number of nitrogens with zero attached hydrogens (tertiary/aromatic N) is 3. The van der Waals surface area contributed by atoms with Gasteiger partial charge < -0.3 is 24.8 Å². The second-order valence-corrected chi connectivity index (χ2v) is 9.03. The fourth-order valence-corrected chi connectivity index (χ4v) is 4.03. The molecule has 0 amide bonds. The van der Waals surface area contributed by atoms with Crippen molar-refractivity contribution in [1.29, 1.82) is 0 Å². The number of hydrogen-bond donors (Lipinski definition) is 2. The number of carbonyl (C=O) groups is 1. The molecule has 12 nitrogen and oxygen atoms in total. The smallest absolute Gasteiger partial charge is 0.412 e. The number of anilines is 1. The van der Waals surface area contributed by atoms with Crippen molar-refractivity contribution in [1.82, 2.24) is 15.0 Å². The van der Waals surface area contributed by atoms with Crippen LogP contribution in [-0.2, 0) is 14.3 Å². The van der Waals surface area contributed by atoms with Gasteiger partial charge in [0.1, 0.15) is 12.6 Å². The van der Waals surface area contributed by atoms with E-state index in [9.17, 15) is 18.9 Å². The van der Waals surface area contributed by atoms with Crippen molar-refractivity contribution in [2.24, 2.45) is 4.85 Å². The fourth-order valence-electron chi connectivity index (χ4n) is 2.50. The number of thioether (sulfide) groups is 1. The van der Waals surface area contributed by atoms with Gasteiger partial charge in [0, 0.05) is 21.4 Å². The molecule has 1 unspecified atom stereocenters. The summed E-state index contributed by atoms with van der Waals surface area (Å²) in [5.74, 6) is -1.68. The first-order chi connectivity index (χ1) is 16.7. The van der Waals surface area contributed by atoms with Crippen LogP contribution in [0, 0.1) is 5.82 Å². The minimum atomic E-state index is -2.62. The van der Waals surface area contributed by atoms with E-state index in [0.717, 1.165) is 10.8 Å². The van der Waals surface area contributed by atoms with Crippen LogP contribution in [0.15, 0.2) is 39.5 Å². The van der Waals surface area contributed by atoms with E-state index in [1.807, 2.05) is 0 Å². The minimum Gasteiger partial charge on any atom is -0.574 e. The van der Waals surface area contributed by atoms with Crippen molar-refractivity contribution in [3.63, 3.8) is 0 Å². The number of esters is 1. The molecule has 0 saturated carbocycles. The van der Waals surface area contributed by atoms with E-state index < -0.39 is 42.9 Å². The molecule has 35 heavy (non-hydrogen) atoms. The number of hydrogen-bond acceptors (Lipinski definition) is 11. The van der Waals surface area contributed by atoms with Crippen LogP contribution in [0.2, 0.25) is 5.02 Å². The van der Waals surface area contributed by atoms with E-state index in [4.69, 9.17) is 36.1 Å². The van der Waals surface area contributed by atoms with Crippen molar-refractivity contribution < 1.29 is 32.8 Å². The fraction of sp³-hybridized carbons (Fsp3) is 0.316. The summed E-state index contributed by atoms with van der Waals surface area (Å²) in [6.07, 6.45) is 0.875. The van der Waals surface area contributed by atoms with E-state index in [1.54, 1.807) is 6.92 Å². The van der Waals surface area contributed by atoms with Crippen LogP contribution >= 0.6 is 31.5 Å². The van der Waals surface area contributed by atoms with Gasteiger partial charge >= 0.3 is 19.8 Å². The van der Waals surface area contributed by atoms with Crippen LogP contribution in [0.5, 0.6) is 11.5 Å². The molecule has 3 atom stereocenters. The summed E-state index contributed by atoms with van der Waals surface area (Å²) in [7, 11) is -2.62. The van der Waals surface area contributed by atoms with Gasteiger partial charge in [-0.2, -0.15) is 10.4 Å². The second kappa shape index (κ2) is 12.2. The first-order valence-electron chi connectivity index (χ1n) is 9.95. The Kier molecular flexibility index (Phi) is 9.29. The lowest BCUT2D eigenvalue weighted by molar-refractivity contribution is -0.169. The van der Waals surface area contributed by atoms with Gasteiger partial charge in [0.2, 0.25) is 11.6 Å². The molecule has 16 heteroatoms. The van der Waals surface area contributed by atoms with E-state index in [-0.39, 0.29) is 30.6 Å². The number of nitrogens with one attached hydrogen (secondary N) is 1. The highest BCUT2D eigenvalue weighted by molar-refractivity contribution is 8.03. The lowest BCUT2D eigenvalue weighted by Crippen LogP contribution is -2.31. The normalized spacial score (nSPS) is 16.3. The number of ether oxygens (including phenoxy) is 3. The highest BCUT2D eigenvalue weighted by Crippen LogP contribution is 2.36. The molecule has 0 saturated heterocycles. The molecule has 0 aliphatic carbocycles. The summed E-state index contributed by atoms with van der Waals surface area (Å²) >= 11 is 7.20. The monoisotopic (exact) mass is 547 g/mol. The molecule has 2 aromatic rings. The first-order valence-corrected chi connectivity index (χ1v) is 12.4. The maximum Gasteiger partial charge on any atom is 0.412 e. The predicted octanol–water partition coefficient (Wildman–Crippen LogP) is 2.23. The summed E-state index contributed by atoms with van der Waals surface area (Å²) in [6.45, 7) is 3.30. The van der Waals surface area contributed by atoms with Gasteiger partial charge in [-0.25, -0.2) is 13.8 Å². The van der Waals surface area contributed by atoms with Crippen molar-refractivity contribution in [3.05, 3.63) is 51.1 Å². The van der Waals surface area contributed by atoms with E-state index >= 15 is 0 Å². The van der Waals surface area contributed by atoms with Gasteiger partial charge in [-0.1, -0.05) is 23.4 Å². The minimum absolute atomic E-state index is 0.0474. The van der Waals surface area contributed by atoms with Crippen molar-refractivity contribution >= 4 is 49.2 Å². The molecule has 1 aromatic heterocycles. The zero-order valence-electron chi connectivity index (χ0n) is 18.3. The van der Waals surface area contributed by atoms with E-state index in [2.05, 4.69) is 15.3 Å². The largest absolute Gasteiger partial charge is 0.574 e. The molecule has 188 valence electrons. The lowest BCUT2D eigenvalue weighted by atomic mass is 10.3. The molecule has 0 spiro atoms. The number of aromatic nitrogens is 2. The molecular weight excluding hydrogens is 528 g/mol. The summed E-state index contributed by atoms with van der Waals surface area (Å²) < 4.78 is 36.0. The van der Waals surface area contributed by atoms with Gasteiger partial charge in [-0.05, 0) is 26.0 Å². The first kappa shape index (κ1) is 26.7. The van der Waals surface area contributed by atoms with Crippen molar-refractivity contribution in [3.8, 4) is 11.5 Å². The molecule has 1 aliphatic heterocycles. The Balaban J connectivity index is 1.61. The molecule has 3 N–H and O–H groups in total. The van der Waals surface area contributed by atoms with Gasteiger partial charge in [-0.15, -0.1) is 0 Å². The average Bonchev–Trinajstić information content (AvgIpc) is 3.28. The van der Waals surface area contributed by atoms with Crippen LogP contribution in [0.4, 0.5) is 10.2 Å². The SMILES string of the molecule is CCOC(=O)[C@H](C)N/N=[P+](\[O-])Oc1ccc(Cl)cc1OC[C@H]1OC(n2cc(F)c(N)nc2=O)=CS1. The topological polar surface area (TPSA) is 162 Å². The Labute approximate surface area is 208 Å². The van der Waals surface area contributed by atoms with E-state index in [1.165, 1.54) is 42.3 Å². The average molecular weight is 548 g/mol. The maximum absolute atomic E-state index is 13.7. The maximum atomic E-state index is 13.7. The Hall–Kier alpha value is -2.90. The molecule has 0 bridgehead atoms. The molecule has 3 rings (SSSR count). The van der Waals surface area contributed by atoms with Crippen LogP contribution in [0.25, 0.3) is 5.88 Å². The summed E-state index contributed by atoms with van der Waals surface area (Å²) in [6, 6.07) is 3.54. The molecule has 1 aliphatic rings. The third-order valence-corrected chi connectivity index (χ3v) is 5.89. The predicted molar refractivity (Wildman–Crippen MR) is 126 cm³/mol. The van der Waals surface area contributed by atoms with Crippen LogP contribution in [0.3, 0.4) is 0 Å². The number of nitrogen functional groups attached to an aromatic ring is 1. The Morgan fingerprint density at radius 1 is 1.51 bits per heavy atom. The van der Waals surface area contributed by atoms with Crippen molar-refractivity contribution in [2.45, 2.75) is 25.3 Å². The van der Waals surface area contributed by atoms with E-state index in [0.29, 0.717) is 5.02 Å². The zero-order chi connectivity index (χ0) is 25.5. The third-order valence-electron chi connectivity index (χ3n) is 4.15. The van der Waals surface area contributed by atoms with Crippen LogP contribution in [0.1, 0.15) is 13.8 Å². The van der Waals surface area contributed by atoms with Crippen LogP contribution in [-0.4, -0.2) is 40.2 Å². The van der Waals surface area contributed by atoms with Gasteiger partial charge in [0.25, 0.3) is 0 Å². The number of halogens is 2. The van der Waals surface area contributed by atoms with Gasteiger partial charge in [-0.3, -0.25) is 9.32 Å². The molecular formula is C19H20ClFN5O7PS. The summed E-state index contributed by atoms with van der Waals surface area (Å²) in [4.78, 5) is 42.8. The van der Waals surface area contributed by atoms with Crippen LogP contribution < -0.4 is 31.0 Å². The quantitative estimate of drug-likeness (QED) is 0.255.